The molecule has 1 aliphatic heterocycles. The predicted octanol–water partition coefficient (Wildman–Crippen LogP) is 2.13. The molecule has 7 nitrogen and oxygen atoms in total. The van der Waals surface area contributed by atoms with E-state index in [9.17, 15) is 18.0 Å². The third-order valence-corrected chi connectivity index (χ3v) is 5.91. The number of anilines is 1. The van der Waals surface area contributed by atoms with Crippen molar-refractivity contribution in [3.8, 4) is 0 Å². The first kappa shape index (κ1) is 20.0. The Balaban J connectivity index is 1.57. The van der Waals surface area contributed by atoms with Gasteiger partial charge in [0.1, 0.15) is 0 Å². The van der Waals surface area contributed by atoms with Crippen molar-refractivity contribution in [3.05, 3.63) is 59.7 Å². The van der Waals surface area contributed by atoms with E-state index in [2.05, 4.69) is 5.32 Å². The number of benzene rings is 2. The van der Waals surface area contributed by atoms with Gasteiger partial charge in [-0.3, -0.25) is 9.59 Å². The number of piperidine rings is 1. The second-order valence-electron chi connectivity index (χ2n) is 6.94. The van der Waals surface area contributed by atoms with E-state index in [-0.39, 0.29) is 22.6 Å². The van der Waals surface area contributed by atoms with Crippen LogP contribution >= 0.6 is 0 Å². The molecule has 0 bridgehead atoms. The number of hydrogen-bond donors (Lipinski definition) is 2. The maximum Gasteiger partial charge on any atom is 0.254 e. The highest BCUT2D eigenvalue weighted by atomic mass is 32.2. The SMILES string of the molecule is Cc1ccccc1C(=O)N1CCC(C(=O)Nc2ccc(S(N)(=O)=O)cc2)CC1. The van der Waals surface area contributed by atoms with Crippen molar-refractivity contribution in [2.75, 3.05) is 18.4 Å². The molecule has 0 spiro atoms. The molecule has 2 aromatic rings. The molecule has 0 radical (unpaired) electrons. The highest BCUT2D eigenvalue weighted by Crippen LogP contribution is 2.22. The molecule has 1 saturated heterocycles. The third-order valence-electron chi connectivity index (χ3n) is 4.98. The van der Waals surface area contributed by atoms with E-state index in [0.29, 0.717) is 37.2 Å². The summed E-state index contributed by atoms with van der Waals surface area (Å²) in [7, 11) is -3.76. The molecule has 0 saturated carbocycles. The minimum atomic E-state index is -3.76. The van der Waals surface area contributed by atoms with Crippen LogP contribution in [0.5, 0.6) is 0 Å². The second kappa shape index (κ2) is 8.12. The molecule has 1 heterocycles. The van der Waals surface area contributed by atoms with Crippen LogP contribution in [0.2, 0.25) is 0 Å². The lowest BCUT2D eigenvalue weighted by molar-refractivity contribution is -0.121. The Labute approximate surface area is 164 Å². The zero-order valence-electron chi connectivity index (χ0n) is 15.6. The Morgan fingerprint density at radius 3 is 2.21 bits per heavy atom. The van der Waals surface area contributed by atoms with Crippen LogP contribution < -0.4 is 10.5 Å². The lowest BCUT2D eigenvalue weighted by Crippen LogP contribution is -2.41. The average molecular weight is 401 g/mol. The summed E-state index contributed by atoms with van der Waals surface area (Å²) < 4.78 is 22.6. The molecule has 28 heavy (non-hydrogen) atoms. The maximum atomic E-state index is 12.7. The van der Waals surface area contributed by atoms with Crippen molar-refractivity contribution in [3.63, 3.8) is 0 Å². The van der Waals surface area contributed by atoms with Crippen molar-refractivity contribution < 1.29 is 18.0 Å². The number of amides is 2. The van der Waals surface area contributed by atoms with Gasteiger partial charge in [-0.25, -0.2) is 13.6 Å². The van der Waals surface area contributed by atoms with E-state index < -0.39 is 10.0 Å². The predicted molar refractivity (Wildman–Crippen MR) is 106 cm³/mol. The van der Waals surface area contributed by atoms with Crippen molar-refractivity contribution >= 4 is 27.5 Å². The van der Waals surface area contributed by atoms with E-state index in [1.807, 2.05) is 31.2 Å². The molecule has 1 aliphatic rings. The number of carbonyl (C=O) groups is 2. The molecule has 0 atom stereocenters. The zero-order chi connectivity index (χ0) is 20.3. The number of nitrogens with zero attached hydrogens (tertiary/aromatic N) is 1. The van der Waals surface area contributed by atoms with Crippen molar-refractivity contribution in [2.24, 2.45) is 11.1 Å². The number of rotatable bonds is 4. The number of carbonyl (C=O) groups excluding carboxylic acids is 2. The summed E-state index contributed by atoms with van der Waals surface area (Å²) in [5, 5.41) is 7.86. The largest absolute Gasteiger partial charge is 0.339 e. The number of sulfonamides is 1. The average Bonchev–Trinajstić information content (AvgIpc) is 2.67. The van der Waals surface area contributed by atoms with Gasteiger partial charge in [-0.2, -0.15) is 0 Å². The Hall–Kier alpha value is -2.71. The minimum absolute atomic E-state index is 0.00413. The van der Waals surface area contributed by atoms with E-state index in [0.717, 1.165) is 5.56 Å². The molecular formula is C20H23N3O4S. The van der Waals surface area contributed by atoms with Gasteiger partial charge < -0.3 is 10.2 Å². The summed E-state index contributed by atoms with van der Waals surface area (Å²) in [4.78, 5) is 26.9. The first-order valence-corrected chi connectivity index (χ1v) is 10.6. The number of likely N-dealkylation sites (tertiary alicyclic amines) is 1. The highest BCUT2D eigenvalue weighted by molar-refractivity contribution is 7.89. The van der Waals surface area contributed by atoms with Crippen LogP contribution in [0.25, 0.3) is 0 Å². The molecule has 3 N–H and O–H groups in total. The molecule has 2 amide bonds. The zero-order valence-corrected chi connectivity index (χ0v) is 16.4. The third kappa shape index (κ3) is 4.58. The van der Waals surface area contributed by atoms with Crippen LogP contribution in [0.3, 0.4) is 0 Å². The lowest BCUT2D eigenvalue weighted by Gasteiger charge is -2.31. The number of nitrogens with one attached hydrogen (secondary N) is 1. The fourth-order valence-electron chi connectivity index (χ4n) is 3.30. The van der Waals surface area contributed by atoms with Crippen molar-refractivity contribution in [1.82, 2.24) is 4.90 Å². The summed E-state index contributed by atoms with van der Waals surface area (Å²) in [5.74, 6) is -0.333. The molecule has 2 aromatic carbocycles. The lowest BCUT2D eigenvalue weighted by atomic mass is 9.95. The summed E-state index contributed by atoms with van der Waals surface area (Å²) in [5.41, 5.74) is 2.14. The molecule has 3 rings (SSSR count). The fraction of sp³-hybridized carbons (Fsp3) is 0.300. The van der Waals surface area contributed by atoms with Gasteiger partial charge in [0.05, 0.1) is 4.90 Å². The van der Waals surface area contributed by atoms with Crippen LogP contribution in [-0.2, 0) is 14.8 Å². The number of hydrogen-bond acceptors (Lipinski definition) is 4. The van der Waals surface area contributed by atoms with Crippen LogP contribution in [0.15, 0.2) is 53.4 Å². The van der Waals surface area contributed by atoms with Gasteiger partial charge >= 0.3 is 0 Å². The van der Waals surface area contributed by atoms with E-state index >= 15 is 0 Å². The van der Waals surface area contributed by atoms with Gasteiger partial charge in [0, 0.05) is 30.3 Å². The second-order valence-corrected chi connectivity index (χ2v) is 8.50. The standard InChI is InChI=1S/C20H23N3O4S/c1-14-4-2-3-5-18(14)20(25)23-12-10-15(11-13-23)19(24)22-16-6-8-17(9-7-16)28(21,26)27/h2-9,15H,10-13H2,1H3,(H,22,24)(H2,21,26,27). The maximum absolute atomic E-state index is 12.7. The van der Waals surface area contributed by atoms with Gasteiger partial charge in [-0.15, -0.1) is 0 Å². The topological polar surface area (TPSA) is 110 Å². The van der Waals surface area contributed by atoms with Crippen LogP contribution in [0.4, 0.5) is 5.69 Å². The normalized spacial score (nSPS) is 15.3. The molecule has 0 unspecified atom stereocenters. The first-order chi connectivity index (χ1) is 13.3. The van der Waals surface area contributed by atoms with Gasteiger partial charge in [0.25, 0.3) is 5.91 Å². The van der Waals surface area contributed by atoms with E-state index in [4.69, 9.17) is 5.14 Å². The number of aryl methyl sites for hydroxylation is 1. The number of nitrogens with two attached hydrogens (primary N) is 1. The van der Waals surface area contributed by atoms with Crippen molar-refractivity contribution in [2.45, 2.75) is 24.7 Å². The molecule has 148 valence electrons. The van der Waals surface area contributed by atoms with Gasteiger partial charge in [-0.05, 0) is 55.7 Å². The Morgan fingerprint density at radius 1 is 1.04 bits per heavy atom. The Bertz CT molecular complexity index is 979. The molecule has 0 aromatic heterocycles. The molecule has 1 fully saturated rings. The highest BCUT2D eigenvalue weighted by Gasteiger charge is 2.28. The van der Waals surface area contributed by atoms with E-state index in [1.165, 1.54) is 24.3 Å². The fourth-order valence-corrected chi connectivity index (χ4v) is 3.82. The molecule has 0 aliphatic carbocycles. The number of primary sulfonamides is 1. The van der Waals surface area contributed by atoms with E-state index in [1.54, 1.807) is 4.90 Å². The smallest absolute Gasteiger partial charge is 0.254 e. The van der Waals surface area contributed by atoms with Gasteiger partial charge in [0.2, 0.25) is 15.9 Å². The summed E-state index contributed by atoms with van der Waals surface area (Å²) in [6, 6.07) is 13.2. The summed E-state index contributed by atoms with van der Waals surface area (Å²) >= 11 is 0. The first-order valence-electron chi connectivity index (χ1n) is 9.04. The van der Waals surface area contributed by atoms with Crippen LogP contribution in [0, 0.1) is 12.8 Å². The van der Waals surface area contributed by atoms with Crippen molar-refractivity contribution in [1.29, 1.82) is 0 Å². The van der Waals surface area contributed by atoms with Crippen LogP contribution in [-0.4, -0.2) is 38.2 Å². The molecular weight excluding hydrogens is 378 g/mol. The Morgan fingerprint density at radius 2 is 1.64 bits per heavy atom. The Kier molecular flexibility index (Phi) is 5.81. The van der Waals surface area contributed by atoms with Gasteiger partial charge in [0.15, 0.2) is 0 Å². The minimum Gasteiger partial charge on any atom is -0.339 e. The quantitative estimate of drug-likeness (QED) is 0.818. The summed E-state index contributed by atoms with van der Waals surface area (Å²) in [6.45, 7) is 2.96. The molecule has 8 heteroatoms. The monoisotopic (exact) mass is 401 g/mol. The van der Waals surface area contributed by atoms with Gasteiger partial charge in [-0.1, -0.05) is 18.2 Å². The summed E-state index contributed by atoms with van der Waals surface area (Å²) in [6.07, 6.45) is 1.16. The van der Waals surface area contributed by atoms with Crippen LogP contribution in [0.1, 0.15) is 28.8 Å².